The first-order chi connectivity index (χ1) is 14.7. The number of hydrogen-bond acceptors (Lipinski definition) is 5. The second-order valence-electron chi connectivity index (χ2n) is 7.36. The van der Waals surface area contributed by atoms with Crippen LogP contribution in [0.1, 0.15) is 37.4 Å². The van der Waals surface area contributed by atoms with Crippen molar-refractivity contribution in [1.29, 1.82) is 0 Å². The maximum Gasteiger partial charge on any atom is 0.258 e. The summed E-state index contributed by atoms with van der Waals surface area (Å²) in [5, 5.41) is 7.70. The van der Waals surface area contributed by atoms with Crippen LogP contribution in [0.4, 0.5) is 0 Å². The molecule has 1 amide bonds. The van der Waals surface area contributed by atoms with Crippen LogP contribution >= 0.6 is 0 Å². The lowest BCUT2D eigenvalue weighted by molar-refractivity contribution is -0.123. The molecule has 0 unspecified atom stereocenters. The second kappa shape index (κ2) is 9.43. The molecule has 1 fully saturated rings. The largest absolute Gasteiger partial charge is 0.493 e. The van der Waals surface area contributed by atoms with Crippen LogP contribution in [0.15, 0.2) is 54.9 Å². The molecule has 1 aliphatic rings. The predicted octanol–water partition coefficient (Wildman–Crippen LogP) is 3.76. The van der Waals surface area contributed by atoms with Gasteiger partial charge in [-0.15, -0.1) is 0 Å². The lowest BCUT2D eigenvalue weighted by atomic mass is 10.1. The Labute approximate surface area is 176 Å². The molecule has 1 aromatic carbocycles. The number of para-hydroxylation sites is 2. The molecule has 1 N–H and O–H groups in total. The maximum absolute atomic E-state index is 12.3. The number of methoxy groups -OCH3 is 1. The third-order valence-electron chi connectivity index (χ3n) is 5.33. The lowest BCUT2D eigenvalue weighted by Gasteiger charge is -2.14. The third kappa shape index (κ3) is 4.62. The fourth-order valence-corrected chi connectivity index (χ4v) is 3.82. The van der Waals surface area contributed by atoms with E-state index in [2.05, 4.69) is 21.0 Å². The van der Waals surface area contributed by atoms with Gasteiger partial charge < -0.3 is 14.8 Å². The Hall–Kier alpha value is -3.35. The van der Waals surface area contributed by atoms with Gasteiger partial charge in [0.05, 0.1) is 31.1 Å². The molecule has 0 atom stereocenters. The van der Waals surface area contributed by atoms with Gasteiger partial charge in [0.15, 0.2) is 18.1 Å². The zero-order valence-corrected chi connectivity index (χ0v) is 17.1. The number of nitrogens with zero attached hydrogens (tertiary/aromatic N) is 3. The smallest absolute Gasteiger partial charge is 0.258 e. The second-order valence-corrected chi connectivity index (χ2v) is 7.36. The molecule has 0 saturated heterocycles. The fourth-order valence-electron chi connectivity index (χ4n) is 3.82. The average Bonchev–Trinajstić information content (AvgIpc) is 3.47. The molecule has 30 heavy (non-hydrogen) atoms. The van der Waals surface area contributed by atoms with Crippen LogP contribution in [0.5, 0.6) is 11.5 Å². The monoisotopic (exact) mass is 406 g/mol. The minimum atomic E-state index is -0.207. The molecule has 1 aliphatic carbocycles. The number of ether oxygens (including phenoxy) is 2. The Kier molecular flexibility index (Phi) is 6.27. The summed E-state index contributed by atoms with van der Waals surface area (Å²) in [5.41, 5.74) is 2.99. The Balaban J connectivity index is 1.41. The molecule has 7 nitrogen and oxygen atoms in total. The van der Waals surface area contributed by atoms with E-state index < -0.39 is 0 Å². The number of aromatic nitrogens is 3. The van der Waals surface area contributed by atoms with Crippen LogP contribution in [0.2, 0.25) is 0 Å². The summed E-state index contributed by atoms with van der Waals surface area (Å²) in [6.07, 6.45) is 8.31. The standard InChI is InChI=1S/C23H26N4O3/c1-29-21-8-4-5-9-22(21)30-16-23(28)25-15-18-14-20(17-10-12-24-13-11-17)27(26-18)19-6-2-3-7-19/h4-5,8-14,19H,2-3,6-7,15-16H2,1H3,(H,25,28). The van der Waals surface area contributed by atoms with Gasteiger partial charge in [0.1, 0.15) is 0 Å². The number of nitrogens with one attached hydrogen (secondary N) is 1. The van der Waals surface area contributed by atoms with E-state index in [4.69, 9.17) is 14.6 Å². The van der Waals surface area contributed by atoms with E-state index in [9.17, 15) is 4.79 Å². The third-order valence-corrected chi connectivity index (χ3v) is 5.33. The zero-order valence-electron chi connectivity index (χ0n) is 17.1. The SMILES string of the molecule is COc1ccccc1OCC(=O)NCc1cc(-c2ccncc2)n(C2CCCC2)n1. The molecule has 2 aromatic heterocycles. The van der Waals surface area contributed by atoms with Gasteiger partial charge in [0, 0.05) is 18.0 Å². The Morgan fingerprint density at radius 2 is 1.87 bits per heavy atom. The summed E-state index contributed by atoms with van der Waals surface area (Å²) in [6, 6.07) is 13.7. The lowest BCUT2D eigenvalue weighted by Crippen LogP contribution is -2.28. The highest BCUT2D eigenvalue weighted by Gasteiger charge is 2.22. The van der Waals surface area contributed by atoms with E-state index in [0.717, 1.165) is 29.8 Å². The Morgan fingerprint density at radius 1 is 1.13 bits per heavy atom. The number of hydrogen-bond donors (Lipinski definition) is 1. The first-order valence-corrected chi connectivity index (χ1v) is 10.3. The summed E-state index contributed by atoms with van der Waals surface area (Å²) < 4.78 is 12.9. The van der Waals surface area contributed by atoms with Crippen LogP contribution in [0.3, 0.4) is 0 Å². The van der Waals surface area contributed by atoms with Crippen molar-refractivity contribution in [3.63, 3.8) is 0 Å². The first kappa shape index (κ1) is 19.9. The highest BCUT2D eigenvalue weighted by molar-refractivity contribution is 5.77. The number of carbonyl (C=O) groups excluding carboxylic acids is 1. The molecular formula is C23H26N4O3. The quantitative estimate of drug-likeness (QED) is 0.616. The van der Waals surface area contributed by atoms with Crippen molar-refractivity contribution in [1.82, 2.24) is 20.1 Å². The van der Waals surface area contributed by atoms with E-state index >= 15 is 0 Å². The molecule has 7 heteroatoms. The number of benzene rings is 1. The molecule has 156 valence electrons. The van der Waals surface area contributed by atoms with Gasteiger partial charge in [-0.05, 0) is 43.2 Å². The fraction of sp³-hybridized carbons (Fsp3) is 0.348. The van der Waals surface area contributed by atoms with Crippen molar-refractivity contribution in [2.75, 3.05) is 13.7 Å². The minimum Gasteiger partial charge on any atom is -0.493 e. The summed E-state index contributed by atoms with van der Waals surface area (Å²) in [4.78, 5) is 16.4. The number of rotatable bonds is 8. The Bertz CT molecular complexity index is 981. The molecule has 2 heterocycles. The van der Waals surface area contributed by atoms with Crippen molar-refractivity contribution in [2.45, 2.75) is 38.3 Å². The van der Waals surface area contributed by atoms with E-state index in [1.54, 1.807) is 31.6 Å². The van der Waals surface area contributed by atoms with Crippen LogP contribution in [-0.2, 0) is 11.3 Å². The van der Waals surface area contributed by atoms with Gasteiger partial charge in [0.25, 0.3) is 5.91 Å². The highest BCUT2D eigenvalue weighted by Crippen LogP contribution is 2.33. The van der Waals surface area contributed by atoms with Crippen LogP contribution in [-0.4, -0.2) is 34.4 Å². The zero-order chi connectivity index (χ0) is 20.8. The number of pyridine rings is 1. The van der Waals surface area contributed by atoms with Gasteiger partial charge in [-0.3, -0.25) is 14.5 Å². The first-order valence-electron chi connectivity index (χ1n) is 10.3. The molecule has 4 rings (SSSR count). The van der Waals surface area contributed by atoms with Gasteiger partial charge in [-0.1, -0.05) is 25.0 Å². The van der Waals surface area contributed by atoms with E-state index in [-0.39, 0.29) is 12.5 Å². The average molecular weight is 406 g/mol. The number of carbonyl (C=O) groups is 1. The summed E-state index contributed by atoms with van der Waals surface area (Å²) in [7, 11) is 1.57. The molecule has 3 aromatic rings. The summed E-state index contributed by atoms with van der Waals surface area (Å²) in [5.74, 6) is 0.935. The van der Waals surface area contributed by atoms with E-state index in [0.29, 0.717) is 24.1 Å². The van der Waals surface area contributed by atoms with Crippen molar-refractivity contribution < 1.29 is 14.3 Å². The summed E-state index contributed by atoms with van der Waals surface area (Å²) in [6.45, 7) is 0.271. The van der Waals surface area contributed by atoms with Gasteiger partial charge in [-0.2, -0.15) is 5.10 Å². The predicted molar refractivity (Wildman–Crippen MR) is 113 cm³/mol. The van der Waals surface area contributed by atoms with Gasteiger partial charge in [0.2, 0.25) is 0 Å². The summed E-state index contributed by atoms with van der Waals surface area (Å²) >= 11 is 0. The van der Waals surface area contributed by atoms with Gasteiger partial charge >= 0.3 is 0 Å². The van der Waals surface area contributed by atoms with Crippen LogP contribution < -0.4 is 14.8 Å². The highest BCUT2D eigenvalue weighted by atomic mass is 16.5. The van der Waals surface area contributed by atoms with Crippen LogP contribution in [0, 0.1) is 0 Å². The van der Waals surface area contributed by atoms with Crippen molar-refractivity contribution >= 4 is 5.91 Å². The van der Waals surface area contributed by atoms with Crippen LogP contribution in [0.25, 0.3) is 11.3 Å². The number of amides is 1. The molecule has 1 saturated carbocycles. The van der Waals surface area contributed by atoms with Crippen molar-refractivity contribution in [3.8, 4) is 22.8 Å². The van der Waals surface area contributed by atoms with Crippen molar-refractivity contribution in [2.24, 2.45) is 0 Å². The molecule has 0 spiro atoms. The molecule has 0 bridgehead atoms. The minimum absolute atomic E-state index is 0.0824. The van der Waals surface area contributed by atoms with E-state index in [1.807, 2.05) is 24.3 Å². The van der Waals surface area contributed by atoms with E-state index in [1.165, 1.54) is 12.8 Å². The molecule has 0 aliphatic heterocycles. The topological polar surface area (TPSA) is 78.3 Å². The molecular weight excluding hydrogens is 380 g/mol. The van der Waals surface area contributed by atoms with Gasteiger partial charge in [-0.25, -0.2) is 0 Å². The van der Waals surface area contributed by atoms with Crippen molar-refractivity contribution in [3.05, 3.63) is 60.6 Å². The Morgan fingerprint density at radius 3 is 2.60 bits per heavy atom. The molecule has 0 radical (unpaired) electrons. The normalized spacial score (nSPS) is 13.9. The maximum atomic E-state index is 12.3.